The van der Waals surface area contributed by atoms with Crippen molar-refractivity contribution in [2.24, 2.45) is 0 Å². The lowest BCUT2D eigenvalue weighted by atomic mass is 10.2. The lowest BCUT2D eigenvalue weighted by Crippen LogP contribution is -2.28. The number of carbonyl (C=O) groups excluding carboxylic acids is 1. The van der Waals surface area contributed by atoms with Crippen LogP contribution in [0.4, 0.5) is 23.7 Å². The Morgan fingerprint density at radius 3 is 2.48 bits per heavy atom. The van der Waals surface area contributed by atoms with Gasteiger partial charge in [-0.2, -0.15) is 18.3 Å². The Morgan fingerprint density at radius 2 is 1.82 bits per heavy atom. The second kappa shape index (κ2) is 10.3. The SMILES string of the molecule is COc1ccc(NC(=O)NCc2c(C)nn(Cc3ccccc3)c2C)cc1OCC(F)(F)F. The number of methoxy groups -OCH3 is 1. The highest BCUT2D eigenvalue weighted by Gasteiger charge is 2.29. The molecule has 0 saturated heterocycles. The van der Waals surface area contributed by atoms with Gasteiger partial charge < -0.3 is 20.1 Å². The first-order chi connectivity index (χ1) is 15.7. The van der Waals surface area contributed by atoms with Gasteiger partial charge in [-0.15, -0.1) is 0 Å². The van der Waals surface area contributed by atoms with Crippen LogP contribution in [0.2, 0.25) is 0 Å². The van der Waals surface area contributed by atoms with Crippen LogP contribution >= 0.6 is 0 Å². The number of alkyl halides is 3. The first kappa shape index (κ1) is 24.0. The minimum atomic E-state index is -4.49. The molecule has 1 heterocycles. The van der Waals surface area contributed by atoms with Gasteiger partial charge in [0.05, 0.1) is 19.3 Å². The molecule has 0 unspecified atom stereocenters. The second-order valence-electron chi connectivity index (χ2n) is 7.37. The molecule has 33 heavy (non-hydrogen) atoms. The molecule has 2 N–H and O–H groups in total. The number of halogens is 3. The van der Waals surface area contributed by atoms with Crippen LogP contribution in [0, 0.1) is 13.8 Å². The number of aromatic nitrogens is 2. The molecule has 0 radical (unpaired) electrons. The first-order valence-electron chi connectivity index (χ1n) is 10.2. The summed E-state index contributed by atoms with van der Waals surface area (Å²) in [7, 11) is 1.32. The Labute approximate surface area is 189 Å². The molecule has 3 aromatic rings. The number of amides is 2. The minimum absolute atomic E-state index is 0.124. The van der Waals surface area contributed by atoms with Crippen LogP contribution < -0.4 is 20.1 Å². The number of hydrogen-bond acceptors (Lipinski definition) is 4. The van der Waals surface area contributed by atoms with Gasteiger partial charge in [-0.05, 0) is 31.5 Å². The van der Waals surface area contributed by atoms with E-state index in [0.717, 1.165) is 22.5 Å². The number of aryl methyl sites for hydroxylation is 1. The van der Waals surface area contributed by atoms with Gasteiger partial charge in [0, 0.05) is 29.6 Å². The van der Waals surface area contributed by atoms with Gasteiger partial charge in [-0.25, -0.2) is 4.79 Å². The Kier molecular flexibility index (Phi) is 7.47. The summed E-state index contributed by atoms with van der Waals surface area (Å²) < 4.78 is 49.2. The summed E-state index contributed by atoms with van der Waals surface area (Å²) in [6, 6.07) is 13.6. The number of rotatable bonds is 8. The molecule has 2 amide bonds. The molecule has 0 bridgehead atoms. The van der Waals surface area contributed by atoms with Crippen molar-refractivity contribution < 1.29 is 27.4 Å². The monoisotopic (exact) mass is 462 g/mol. The van der Waals surface area contributed by atoms with Gasteiger partial charge in [0.1, 0.15) is 0 Å². The molecule has 3 rings (SSSR count). The Hall–Kier alpha value is -3.69. The zero-order chi connectivity index (χ0) is 24.0. The second-order valence-corrected chi connectivity index (χ2v) is 7.37. The quantitative estimate of drug-likeness (QED) is 0.503. The topological polar surface area (TPSA) is 77.4 Å². The molecule has 0 aliphatic rings. The Balaban J connectivity index is 1.62. The number of nitrogens with one attached hydrogen (secondary N) is 2. The van der Waals surface area contributed by atoms with Crippen LogP contribution in [0.1, 0.15) is 22.5 Å². The average Bonchev–Trinajstić information content (AvgIpc) is 3.03. The summed E-state index contributed by atoms with van der Waals surface area (Å²) in [4.78, 5) is 12.4. The fourth-order valence-electron chi connectivity index (χ4n) is 3.27. The molecule has 2 aromatic carbocycles. The third-order valence-electron chi connectivity index (χ3n) is 4.95. The van der Waals surface area contributed by atoms with E-state index in [9.17, 15) is 18.0 Å². The van der Waals surface area contributed by atoms with E-state index in [4.69, 9.17) is 9.47 Å². The zero-order valence-electron chi connectivity index (χ0n) is 18.5. The maximum absolute atomic E-state index is 12.5. The predicted molar refractivity (Wildman–Crippen MR) is 118 cm³/mol. The molecule has 10 heteroatoms. The minimum Gasteiger partial charge on any atom is -0.493 e. The van der Waals surface area contributed by atoms with E-state index >= 15 is 0 Å². The van der Waals surface area contributed by atoms with Crippen molar-refractivity contribution in [2.75, 3.05) is 19.0 Å². The maximum atomic E-state index is 12.5. The first-order valence-corrected chi connectivity index (χ1v) is 10.2. The summed E-state index contributed by atoms with van der Waals surface area (Å²) in [5, 5.41) is 9.91. The zero-order valence-corrected chi connectivity index (χ0v) is 18.5. The Morgan fingerprint density at radius 1 is 1.09 bits per heavy atom. The van der Waals surface area contributed by atoms with Gasteiger partial charge in [0.25, 0.3) is 0 Å². The van der Waals surface area contributed by atoms with Crippen LogP contribution in [0.3, 0.4) is 0 Å². The lowest BCUT2D eigenvalue weighted by Gasteiger charge is -2.14. The summed E-state index contributed by atoms with van der Waals surface area (Å²) in [5.74, 6) is 0.00351. The van der Waals surface area contributed by atoms with Crippen molar-refractivity contribution in [1.82, 2.24) is 15.1 Å². The summed E-state index contributed by atoms with van der Waals surface area (Å²) in [5.41, 5.74) is 4.01. The number of carbonyl (C=O) groups is 1. The smallest absolute Gasteiger partial charge is 0.422 e. The van der Waals surface area contributed by atoms with Crippen LogP contribution in [-0.4, -0.2) is 35.7 Å². The highest BCUT2D eigenvalue weighted by atomic mass is 19.4. The predicted octanol–water partition coefficient (Wildman–Crippen LogP) is 4.82. The van der Waals surface area contributed by atoms with Gasteiger partial charge in [-0.1, -0.05) is 30.3 Å². The maximum Gasteiger partial charge on any atom is 0.422 e. The van der Waals surface area contributed by atoms with E-state index < -0.39 is 18.8 Å². The molecule has 1 aromatic heterocycles. The van der Waals surface area contributed by atoms with E-state index in [-0.39, 0.29) is 23.7 Å². The highest BCUT2D eigenvalue weighted by molar-refractivity contribution is 5.89. The Bertz CT molecular complexity index is 1100. The number of hydrogen-bond donors (Lipinski definition) is 2. The van der Waals surface area contributed by atoms with Gasteiger partial charge in [-0.3, -0.25) is 4.68 Å². The van der Waals surface area contributed by atoms with E-state index in [1.54, 1.807) is 0 Å². The van der Waals surface area contributed by atoms with Crippen molar-refractivity contribution in [3.05, 3.63) is 71.0 Å². The molecule has 0 atom stereocenters. The molecule has 0 spiro atoms. The normalized spacial score (nSPS) is 11.2. The largest absolute Gasteiger partial charge is 0.493 e. The van der Waals surface area contributed by atoms with Crippen LogP contribution in [0.15, 0.2) is 48.5 Å². The number of urea groups is 1. The van der Waals surface area contributed by atoms with Gasteiger partial charge >= 0.3 is 12.2 Å². The average molecular weight is 462 g/mol. The van der Waals surface area contributed by atoms with Gasteiger partial charge in [0.2, 0.25) is 0 Å². The molecular weight excluding hydrogens is 437 g/mol. The van der Waals surface area contributed by atoms with Crippen LogP contribution in [0.25, 0.3) is 0 Å². The summed E-state index contributed by atoms with van der Waals surface area (Å²) in [6.45, 7) is 3.20. The molecule has 7 nitrogen and oxygen atoms in total. The van der Waals surface area contributed by atoms with E-state index in [2.05, 4.69) is 15.7 Å². The third kappa shape index (κ3) is 6.64. The molecule has 0 saturated carbocycles. The van der Waals surface area contributed by atoms with Gasteiger partial charge in [0.15, 0.2) is 18.1 Å². The van der Waals surface area contributed by atoms with E-state index in [1.807, 2.05) is 48.9 Å². The van der Waals surface area contributed by atoms with Crippen molar-refractivity contribution >= 4 is 11.7 Å². The molecule has 0 aliphatic carbocycles. The summed E-state index contributed by atoms with van der Waals surface area (Å²) >= 11 is 0. The standard InChI is InChI=1S/C23H25F3N4O3/c1-15-19(16(2)30(29-15)13-17-7-5-4-6-8-17)12-27-22(31)28-18-9-10-20(32-3)21(11-18)33-14-23(24,25)26/h4-11H,12-14H2,1-3H3,(H2,27,28,31). The third-order valence-corrected chi connectivity index (χ3v) is 4.95. The van der Waals surface area contributed by atoms with Crippen molar-refractivity contribution in [3.8, 4) is 11.5 Å². The summed E-state index contributed by atoms with van der Waals surface area (Å²) in [6.07, 6.45) is -4.49. The number of ether oxygens (including phenoxy) is 2. The van der Waals surface area contributed by atoms with E-state index in [1.165, 1.54) is 25.3 Å². The fourth-order valence-corrected chi connectivity index (χ4v) is 3.27. The molecular formula is C23H25F3N4O3. The number of nitrogens with zero attached hydrogens (tertiary/aromatic N) is 2. The highest BCUT2D eigenvalue weighted by Crippen LogP contribution is 2.31. The molecule has 0 aliphatic heterocycles. The fraction of sp³-hybridized carbons (Fsp3) is 0.304. The lowest BCUT2D eigenvalue weighted by molar-refractivity contribution is -0.153. The number of anilines is 1. The van der Waals surface area contributed by atoms with E-state index in [0.29, 0.717) is 6.54 Å². The molecule has 176 valence electrons. The van der Waals surface area contributed by atoms with Crippen molar-refractivity contribution in [2.45, 2.75) is 33.1 Å². The van der Waals surface area contributed by atoms with Crippen molar-refractivity contribution in [3.63, 3.8) is 0 Å². The number of benzene rings is 2. The van der Waals surface area contributed by atoms with Crippen LogP contribution in [-0.2, 0) is 13.1 Å². The van der Waals surface area contributed by atoms with Crippen molar-refractivity contribution in [1.29, 1.82) is 0 Å². The molecule has 0 fully saturated rings. The van der Waals surface area contributed by atoms with Crippen LogP contribution in [0.5, 0.6) is 11.5 Å².